The van der Waals surface area contributed by atoms with Crippen LogP contribution < -0.4 is 10.6 Å². The van der Waals surface area contributed by atoms with Gasteiger partial charge in [-0.3, -0.25) is 4.79 Å². The highest BCUT2D eigenvalue weighted by Gasteiger charge is 2.04. The second kappa shape index (κ2) is 5.48. The van der Waals surface area contributed by atoms with Crippen molar-refractivity contribution >= 4 is 23.2 Å². The van der Waals surface area contributed by atoms with Gasteiger partial charge in [0.2, 0.25) is 11.9 Å². The first kappa shape index (κ1) is 13.0. The predicted molar refractivity (Wildman–Crippen MR) is 75.5 cm³/mol. The molecule has 19 heavy (non-hydrogen) atoms. The topological polar surface area (TPSA) is 66.9 Å². The Morgan fingerprint density at radius 2 is 2.00 bits per heavy atom. The first-order chi connectivity index (χ1) is 9.04. The van der Waals surface area contributed by atoms with Crippen molar-refractivity contribution in [1.29, 1.82) is 0 Å². The molecule has 5 nitrogen and oxygen atoms in total. The Morgan fingerprint density at radius 3 is 2.68 bits per heavy atom. The minimum Gasteiger partial charge on any atom is -0.326 e. The Labute approximate surface area is 112 Å². The van der Waals surface area contributed by atoms with E-state index in [1.165, 1.54) is 6.92 Å². The van der Waals surface area contributed by atoms with Gasteiger partial charge in [-0.05, 0) is 37.6 Å². The first-order valence-electron chi connectivity index (χ1n) is 5.99. The van der Waals surface area contributed by atoms with E-state index in [1.807, 2.05) is 38.1 Å². The molecule has 5 heteroatoms. The van der Waals surface area contributed by atoms with Crippen LogP contribution in [0.15, 0.2) is 30.5 Å². The molecule has 0 fully saturated rings. The van der Waals surface area contributed by atoms with Gasteiger partial charge in [-0.25, -0.2) is 9.97 Å². The Bertz CT molecular complexity index is 610. The van der Waals surface area contributed by atoms with Gasteiger partial charge in [0.05, 0.1) is 0 Å². The summed E-state index contributed by atoms with van der Waals surface area (Å²) in [5, 5.41) is 5.90. The number of hydrogen-bond acceptors (Lipinski definition) is 4. The van der Waals surface area contributed by atoms with Crippen LogP contribution in [0.3, 0.4) is 0 Å². The minimum atomic E-state index is -0.0957. The van der Waals surface area contributed by atoms with Gasteiger partial charge in [0.25, 0.3) is 0 Å². The summed E-state index contributed by atoms with van der Waals surface area (Å²) in [6.07, 6.45) is 1.71. The molecule has 2 rings (SSSR count). The number of carbonyl (C=O) groups excluding carboxylic acids is 1. The van der Waals surface area contributed by atoms with E-state index in [-0.39, 0.29) is 5.91 Å². The summed E-state index contributed by atoms with van der Waals surface area (Å²) in [5.41, 5.74) is 3.57. The fourth-order valence-corrected chi connectivity index (χ4v) is 1.67. The SMILES string of the molecule is CC(=O)Nc1ccc(C)c(Nc2nccc(C)n2)c1. The van der Waals surface area contributed by atoms with Crippen LogP contribution in [0.25, 0.3) is 0 Å². The highest BCUT2D eigenvalue weighted by molar-refractivity contribution is 5.89. The van der Waals surface area contributed by atoms with E-state index in [4.69, 9.17) is 0 Å². The maximum absolute atomic E-state index is 11.1. The molecular weight excluding hydrogens is 240 g/mol. The van der Waals surface area contributed by atoms with Crippen LogP contribution in [0.4, 0.5) is 17.3 Å². The van der Waals surface area contributed by atoms with Gasteiger partial charge in [0.15, 0.2) is 0 Å². The number of amides is 1. The molecule has 0 saturated carbocycles. The molecule has 0 atom stereocenters. The second-order valence-corrected chi connectivity index (χ2v) is 4.36. The molecule has 2 N–H and O–H groups in total. The van der Waals surface area contributed by atoms with Crippen molar-refractivity contribution in [2.24, 2.45) is 0 Å². The average molecular weight is 256 g/mol. The molecule has 1 aromatic carbocycles. The highest BCUT2D eigenvalue weighted by atomic mass is 16.1. The number of aryl methyl sites for hydroxylation is 2. The van der Waals surface area contributed by atoms with E-state index in [9.17, 15) is 4.79 Å². The number of nitrogens with one attached hydrogen (secondary N) is 2. The van der Waals surface area contributed by atoms with Crippen molar-refractivity contribution in [3.05, 3.63) is 41.7 Å². The van der Waals surface area contributed by atoms with E-state index in [0.29, 0.717) is 5.95 Å². The van der Waals surface area contributed by atoms with Crippen molar-refractivity contribution < 1.29 is 4.79 Å². The number of nitrogens with zero attached hydrogens (tertiary/aromatic N) is 2. The maximum Gasteiger partial charge on any atom is 0.227 e. The molecule has 1 amide bonds. The van der Waals surface area contributed by atoms with Gasteiger partial charge in [-0.2, -0.15) is 0 Å². The molecule has 0 radical (unpaired) electrons. The molecule has 0 saturated heterocycles. The molecule has 98 valence electrons. The Kier molecular flexibility index (Phi) is 3.75. The van der Waals surface area contributed by atoms with Gasteiger partial charge in [0, 0.05) is 30.2 Å². The molecule has 1 heterocycles. The van der Waals surface area contributed by atoms with E-state index in [0.717, 1.165) is 22.6 Å². The standard InChI is InChI=1S/C14H16N4O/c1-9-4-5-12(17-11(3)19)8-13(9)18-14-15-7-6-10(2)16-14/h4-8H,1-3H3,(H,17,19)(H,15,16,18). The summed E-state index contributed by atoms with van der Waals surface area (Å²) in [4.78, 5) is 19.5. The van der Waals surface area contributed by atoms with Crippen LogP contribution >= 0.6 is 0 Å². The van der Waals surface area contributed by atoms with Crippen LogP contribution in [0.1, 0.15) is 18.2 Å². The van der Waals surface area contributed by atoms with Crippen LogP contribution in [-0.2, 0) is 4.79 Å². The molecule has 2 aromatic rings. The Balaban J connectivity index is 2.26. The molecular formula is C14H16N4O. The summed E-state index contributed by atoms with van der Waals surface area (Å²) in [6.45, 7) is 5.37. The zero-order valence-corrected chi connectivity index (χ0v) is 11.2. The van der Waals surface area contributed by atoms with Crippen LogP contribution in [0.2, 0.25) is 0 Å². The summed E-state index contributed by atoms with van der Waals surface area (Å²) in [5.74, 6) is 0.449. The lowest BCUT2D eigenvalue weighted by Gasteiger charge is -2.10. The molecule has 0 aliphatic carbocycles. The molecule has 0 unspecified atom stereocenters. The lowest BCUT2D eigenvalue weighted by atomic mass is 10.2. The third kappa shape index (κ3) is 3.51. The molecule has 0 aliphatic heterocycles. The highest BCUT2D eigenvalue weighted by Crippen LogP contribution is 2.22. The van der Waals surface area contributed by atoms with Crippen molar-refractivity contribution in [3.8, 4) is 0 Å². The number of hydrogen-bond donors (Lipinski definition) is 2. The van der Waals surface area contributed by atoms with Gasteiger partial charge in [-0.15, -0.1) is 0 Å². The number of rotatable bonds is 3. The fraction of sp³-hybridized carbons (Fsp3) is 0.214. The fourth-order valence-electron chi connectivity index (χ4n) is 1.67. The zero-order chi connectivity index (χ0) is 13.8. The molecule has 0 aliphatic rings. The Morgan fingerprint density at radius 1 is 1.21 bits per heavy atom. The maximum atomic E-state index is 11.1. The minimum absolute atomic E-state index is 0.0957. The van der Waals surface area contributed by atoms with E-state index in [1.54, 1.807) is 6.20 Å². The van der Waals surface area contributed by atoms with E-state index in [2.05, 4.69) is 20.6 Å². The van der Waals surface area contributed by atoms with E-state index < -0.39 is 0 Å². The lowest BCUT2D eigenvalue weighted by molar-refractivity contribution is -0.114. The quantitative estimate of drug-likeness (QED) is 0.886. The number of carbonyl (C=O) groups is 1. The third-order valence-corrected chi connectivity index (χ3v) is 2.60. The largest absolute Gasteiger partial charge is 0.326 e. The van der Waals surface area contributed by atoms with Crippen LogP contribution in [-0.4, -0.2) is 15.9 Å². The van der Waals surface area contributed by atoms with Crippen molar-refractivity contribution in [2.75, 3.05) is 10.6 Å². The van der Waals surface area contributed by atoms with Crippen LogP contribution in [0.5, 0.6) is 0 Å². The average Bonchev–Trinajstić information content (AvgIpc) is 2.33. The smallest absolute Gasteiger partial charge is 0.227 e. The third-order valence-electron chi connectivity index (χ3n) is 2.60. The van der Waals surface area contributed by atoms with Gasteiger partial charge in [-0.1, -0.05) is 6.07 Å². The number of benzene rings is 1. The monoisotopic (exact) mass is 256 g/mol. The van der Waals surface area contributed by atoms with Crippen molar-refractivity contribution in [3.63, 3.8) is 0 Å². The number of anilines is 3. The van der Waals surface area contributed by atoms with Crippen LogP contribution in [0, 0.1) is 13.8 Å². The summed E-state index contributed by atoms with van der Waals surface area (Å²) >= 11 is 0. The summed E-state index contributed by atoms with van der Waals surface area (Å²) < 4.78 is 0. The molecule has 0 bridgehead atoms. The predicted octanol–water partition coefficient (Wildman–Crippen LogP) is 2.80. The molecule has 1 aromatic heterocycles. The number of aromatic nitrogens is 2. The molecule has 0 spiro atoms. The van der Waals surface area contributed by atoms with Gasteiger partial charge >= 0.3 is 0 Å². The van der Waals surface area contributed by atoms with Gasteiger partial charge < -0.3 is 10.6 Å². The van der Waals surface area contributed by atoms with Crippen molar-refractivity contribution in [2.45, 2.75) is 20.8 Å². The van der Waals surface area contributed by atoms with Gasteiger partial charge in [0.1, 0.15) is 0 Å². The van der Waals surface area contributed by atoms with Crippen molar-refractivity contribution in [1.82, 2.24) is 9.97 Å². The summed E-state index contributed by atoms with van der Waals surface area (Å²) in [7, 11) is 0. The summed E-state index contributed by atoms with van der Waals surface area (Å²) in [6, 6.07) is 7.50. The normalized spacial score (nSPS) is 10.1. The van der Waals surface area contributed by atoms with E-state index >= 15 is 0 Å². The lowest BCUT2D eigenvalue weighted by Crippen LogP contribution is -2.06. The first-order valence-corrected chi connectivity index (χ1v) is 5.99. The Hall–Kier alpha value is -2.43. The second-order valence-electron chi connectivity index (χ2n) is 4.36. The zero-order valence-electron chi connectivity index (χ0n) is 11.2.